The number of hydrogen-bond donors (Lipinski definition) is 0. The van der Waals surface area contributed by atoms with Gasteiger partial charge < -0.3 is 9.64 Å². The van der Waals surface area contributed by atoms with Crippen LogP contribution in [0.2, 0.25) is 0 Å². The predicted octanol–water partition coefficient (Wildman–Crippen LogP) is 1.80. The normalized spacial score (nSPS) is 19.3. The van der Waals surface area contributed by atoms with E-state index in [1.807, 2.05) is 12.1 Å². The van der Waals surface area contributed by atoms with Crippen LogP contribution in [-0.2, 0) is 21.2 Å². The van der Waals surface area contributed by atoms with Crippen LogP contribution in [0.4, 0.5) is 4.79 Å². The number of sulfonamides is 1. The summed E-state index contributed by atoms with van der Waals surface area (Å²) in [7, 11) is -2.18. The van der Waals surface area contributed by atoms with Gasteiger partial charge in [-0.3, -0.25) is 0 Å². The molecule has 2 aliphatic rings. The van der Waals surface area contributed by atoms with Crippen LogP contribution in [0, 0.1) is 0 Å². The van der Waals surface area contributed by atoms with Crippen LogP contribution >= 0.6 is 11.8 Å². The summed E-state index contributed by atoms with van der Waals surface area (Å²) in [6.07, 6.45) is 1.61. The van der Waals surface area contributed by atoms with Crippen molar-refractivity contribution in [3.63, 3.8) is 0 Å². The lowest BCUT2D eigenvalue weighted by atomic mass is 10.1. The molecule has 0 aliphatic carbocycles. The minimum atomic E-state index is -3.51. The molecule has 0 aromatic heterocycles. The quantitative estimate of drug-likeness (QED) is 0.808. The molecule has 0 radical (unpaired) electrons. The van der Waals surface area contributed by atoms with Crippen molar-refractivity contribution in [2.75, 3.05) is 39.0 Å². The van der Waals surface area contributed by atoms with E-state index in [1.165, 1.54) is 21.2 Å². The van der Waals surface area contributed by atoms with Gasteiger partial charge in [0.1, 0.15) is 0 Å². The third-order valence-corrected chi connectivity index (χ3v) is 7.29. The molecule has 1 amide bonds. The molecule has 0 spiro atoms. The third kappa shape index (κ3) is 3.34. The number of carbonyl (C=O) groups is 1. The van der Waals surface area contributed by atoms with Crippen molar-refractivity contribution in [1.29, 1.82) is 0 Å². The molecule has 8 heteroatoms. The van der Waals surface area contributed by atoms with Gasteiger partial charge in [-0.2, -0.15) is 4.31 Å². The minimum absolute atomic E-state index is 0.295. The molecule has 0 N–H and O–H groups in total. The Hall–Kier alpha value is -1.25. The van der Waals surface area contributed by atoms with Gasteiger partial charge in [-0.1, -0.05) is 0 Å². The number of carbonyl (C=O) groups excluding carboxylic acids is 1. The summed E-state index contributed by atoms with van der Waals surface area (Å²) in [5.74, 6) is 1.09. The Bertz CT molecular complexity index is 697. The molecule has 1 aromatic carbocycles. The maximum atomic E-state index is 12.8. The molecular formula is C15H20N2O4S2. The first-order valence-corrected chi connectivity index (χ1v) is 10.0. The fraction of sp³-hybridized carbons (Fsp3) is 0.533. The summed E-state index contributed by atoms with van der Waals surface area (Å²) >= 11 is 1.78. The molecule has 6 nitrogen and oxygen atoms in total. The van der Waals surface area contributed by atoms with Crippen LogP contribution in [0.3, 0.4) is 0 Å². The van der Waals surface area contributed by atoms with E-state index in [-0.39, 0.29) is 0 Å². The van der Waals surface area contributed by atoms with Crippen LogP contribution in [0.1, 0.15) is 12.0 Å². The molecule has 0 saturated carbocycles. The number of piperazine rings is 1. The molecule has 1 saturated heterocycles. The molecule has 3 rings (SSSR count). The molecule has 126 valence electrons. The highest BCUT2D eigenvalue weighted by molar-refractivity contribution is 7.99. The number of aryl methyl sites for hydroxylation is 1. The maximum absolute atomic E-state index is 12.8. The van der Waals surface area contributed by atoms with Crippen molar-refractivity contribution in [1.82, 2.24) is 9.21 Å². The number of methoxy groups -OCH3 is 1. The first-order valence-electron chi connectivity index (χ1n) is 7.61. The summed E-state index contributed by atoms with van der Waals surface area (Å²) < 4.78 is 31.7. The first-order chi connectivity index (χ1) is 11.0. The second-order valence-electron chi connectivity index (χ2n) is 5.58. The average Bonchev–Trinajstić information content (AvgIpc) is 2.60. The maximum Gasteiger partial charge on any atom is 0.409 e. The van der Waals surface area contributed by atoms with Gasteiger partial charge in [-0.15, -0.1) is 11.8 Å². The number of ether oxygens (including phenoxy) is 1. The van der Waals surface area contributed by atoms with Crippen LogP contribution in [0.15, 0.2) is 28.0 Å². The number of nitrogens with zero attached hydrogens (tertiary/aromatic N) is 2. The lowest BCUT2D eigenvalue weighted by molar-refractivity contribution is 0.108. The zero-order chi connectivity index (χ0) is 16.4. The number of fused-ring (bicyclic) bond motifs is 1. The van der Waals surface area contributed by atoms with Crippen LogP contribution in [-0.4, -0.2) is 62.8 Å². The van der Waals surface area contributed by atoms with Crippen molar-refractivity contribution in [3.8, 4) is 0 Å². The van der Waals surface area contributed by atoms with E-state index in [9.17, 15) is 13.2 Å². The highest BCUT2D eigenvalue weighted by atomic mass is 32.2. The molecular weight excluding hydrogens is 336 g/mol. The SMILES string of the molecule is COC(=O)N1CCN(S(=O)(=O)c2ccc3c(c2)CCCS3)CC1. The summed E-state index contributed by atoms with van der Waals surface area (Å²) in [4.78, 5) is 14.5. The molecule has 2 heterocycles. The van der Waals surface area contributed by atoms with E-state index in [1.54, 1.807) is 17.8 Å². The first kappa shape index (κ1) is 16.6. The van der Waals surface area contributed by atoms with E-state index >= 15 is 0 Å². The van der Waals surface area contributed by atoms with Gasteiger partial charge in [0.25, 0.3) is 0 Å². The van der Waals surface area contributed by atoms with Crippen LogP contribution in [0.25, 0.3) is 0 Å². The van der Waals surface area contributed by atoms with Gasteiger partial charge in [0.2, 0.25) is 10.0 Å². The molecule has 2 aliphatic heterocycles. The number of amides is 1. The Balaban J connectivity index is 1.76. The molecule has 23 heavy (non-hydrogen) atoms. The Morgan fingerprint density at radius 1 is 1.22 bits per heavy atom. The molecule has 0 unspecified atom stereocenters. The second kappa shape index (κ2) is 6.70. The van der Waals surface area contributed by atoms with Crippen molar-refractivity contribution in [3.05, 3.63) is 23.8 Å². The van der Waals surface area contributed by atoms with Gasteiger partial charge in [-0.25, -0.2) is 13.2 Å². The lowest BCUT2D eigenvalue weighted by Gasteiger charge is -2.33. The zero-order valence-electron chi connectivity index (χ0n) is 13.0. The molecule has 0 atom stereocenters. The Kier molecular flexibility index (Phi) is 4.84. The standard InChI is InChI=1S/C15H20N2O4S2/c1-21-15(18)16-6-8-17(9-7-16)23(19,20)13-4-5-14-12(11-13)3-2-10-22-14/h4-5,11H,2-3,6-10H2,1H3. The topological polar surface area (TPSA) is 66.9 Å². The number of thioether (sulfide) groups is 1. The van der Waals surface area contributed by atoms with E-state index in [0.29, 0.717) is 31.1 Å². The lowest BCUT2D eigenvalue weighted by Crippen LogP contribution is -2.50. The van der Waals surface area contributed by atoms with Gasteiger partial charge in [0.05, 0.1) is 12.0 Å². The summed E-state index contributed by atoms with van der Waals surface area (Å²) in [6.45, 7) is 1.30. The third-order valence-electron chi connectivity index (χ3n) is 4.19. The number of rotatable bonds is 2. The number of hydrogen-bond acceptors (Lipinski definition) is 5. The minimum Gasteiger partial charge on any atom is -0.453 e. The van der Waals surface area contributed by atoms with Crippen LogP contribution < -0.4 is 0 Å². The Labute approximate surface area is 140 Å². The van der Waals surface area contributed by atoms with Crippen molar-refractivity contribution < 1.29 is 17.9 Å². The summed E-state index contributed by atoms with van der Waals surface area (Å²) in [5, 5.41) is 0. The van der Waals surface area contributed by atoms with Gasteiger partial charge in [0.15, 0.2) is 0 Å². The van der Waals surface area contributed by atoms with Crippen molar-refractivity contribution in [2.24, 2.45) is 0 Å². The largest absolute Gasteiger partial charge is 0.453 e. The van der Waals surface area contributed by atoms with Gasteiger partial charge in [0, 0.05) is 31.1 Å². The fourth-order valence-corrected chi connectivity index (χ4v) is 5.38. The second-order valence-corrected chi connectivity index (χ2v) is 8.66. The Morgan fingerprint density at radius 2 is 1.96 bits per heavy atom. The van der Waals surface area contributed by atoms with E-state index < -0.39 is 16.1 Å². The van der Waals surface area contributed by atoms with Crippen LogP contribution in [0.5, 0.6) is 0 Å². The summed E-state index contributed by atoms with van der Waals surface area (Å²) in [6, 6.07) is 5.42. The number of benzene rings is 1. The molecule has 1 fully saturated rings. The highest BCUT2D eigenvalue weighted by Crippen LogP contribution is 2.32. The molecule has 0 bridgehead atoms. The van der Waals surface area contributed by atoms with E-state index in [4.69, 9.17) is 0 Å². The fourth-order valence-electron chi connectivity index (χ4n) is 2.89. The van der Waals surface area contributed by atoms with E-state index in [2.05, 4.69) is 4.74 Å². The van der Waals surface area contributed by atoms with Crippen molar-refractivity contribution >= 4 is 27.9 Å². The average molecular weight is 356 g/mol. The Morgan fingerprint density at radius 3 is 2.65 bits per heavy atom. The highest BCUT2D eigenvalue weighted by Gasteiger charge is 2.31. The monoisotopic (exact) mass is 356 g/mol. The van der Waals surface area contributed by atoms with Gasteiger partial charge in [-0.05, 0) is 42.4 Å². The van der Waals surface area contributed by atoms with E-state index in [0.717, 1.165) is 24.2 Å². The van der Waals surface area contributed by atoms with Gasteiger partial charge >= 0.3 is 6.09 Å². The zero-order valence-corrected chi connectivity index (χ0v) is 14.7. The smallest absolute Gasteiger partial charge is 0.409 e. The molecule has 1 aromatic rings. The summed E-state index contributed by atoms with van der Waals surface area (Å²) in [5.41, 5.74) is 1.12. The predicted molar refractivity (Wildman–Crippen MR) is 88.2 cm³/mol. The van der Waals surface area contributed by atoms with Crippen molar-refractivity contribution in [2.45, 2.75) is 22.6 Å².